The number of nitrogens with zero attached hydrogens (tertiary/aromatic N) is 2. The van der Waals surface area contributed by atoms with Crippen LogP contribution in [0.5, 0.6) is 0 Å². The van der Waals surface area contributed by atoms with Crippen LogP contribution in [0.25, 0.3) is 0 Å². The van der Waals surface area contributed by atoms with Crippen molar-refractivity contribution in [3.8, 4) is 0 Å². The molecule has 0 aliphatic carbocycles. The molecule has 3 aromatic carbocycles. The van der Waals surface area contributed by atoms with Gasteiger partial charge < -0.3 is 10.2 Å². The number of hydrogen-bond acceptors (Lipinski definition) is 4. The molecule has 0 bridgehead atoms. The maximum atomic E-state index is 13.8. The largest absolute Gasteiger partial charge is 0.354 e. The van der Waals surface area contributed by atoms with Crippen LogP contribution in [0.15, 0.2) is 92.7 Å². The van der Waals surface area contributed by atoms with E-state index >= 15 is 0 Å². The van der Waals surface area contributed by atoms with E-state index < -0.39 is 28.5 Å². The maximum Gasteiger partial charge on any atom is 0.264 e. The minimum Gasteiger partial charge on any atom is -0.354 e. The molecule has 0 aliphatic heterocycles. The lowest BCUT2D eigenvalue weighted by Crippen LogP contribution is -2.51. The first kappa shape index (κ1) is 28.9. The Labute approximate surface area is 235 Å². The van der Waals surface area contributed by atoms with E-state index in [4.69, 9.17) is 0 Å². The van der Waals surface area contributed by atoms with Crippen LogP contribution in [0, 0.1) is 0 Å². The fraction of sp³-hybridized carbons (Fsp3) is 0.259. The van der Waals surface area contributed by atoms with E-state index in [1.807, 2.05) is 31.2 Å². The number of amides is 2. The highest BCUT2D eigenvalue weighted by molar-refractivity contribution is 9.10. The molecule has 0 unspecified atom stereocenters. The quantitative estimate of drug-likeness (QED) is 0.303. The van der Waals surface area contributed by atoms with Crippen molar-refractivity contribution in [1.82, 2.24) is 10.2 Å². The van der Waals surface area contributed by atoms with Crippen molar-refractivity contribution in [3.05, 3.63) is 93.4 Å². The lowest BCUT2D eigenvalue weighted by atomic mass is 10.1. The third-order valence-corrected chi connectivity index (χ3v) is 8.44. The van der Waals surface area contributed by atoms with Gasteiger partial charge in [-0.2, -0.15) is 0 Å². The number of carbonyl (C=O) groups is 2. The lowest BCUT2D eigenvalue weighted by Gasteiger charge is -2.32. The Morgan fingerprint density at radius 1 is 0.919 bits per heavy atom. The van der Waals surface area contributed by atoms with Gasteiger partial charge in [-0.05, 0) is 61.4 Å². The Kier molecular flexibility index (Phi) is 10.3. The third kappa shape index (κ3) is 7.66. The minimum absolute atomic E-state index is 0.0649. The summed E-state index contributed by atoms with van der Waals surface area (Å²) in [6.45, 7) is 3.73. The number of benzene rings is 3. The molecule has 0 saturated carbocycles. The molecule has 7 nitrogen and oxygen atoms in total. The van der Waals surface area contributed by atoms with Gasteiger partial charge in [0.15, 0.2) is 0 Å². The van der Waals surface area contributed by atoms with E-state index in [9.17, 15) is 18.0 Å². The molecule has 0 radical (unpaired) electrons. The van der Waals surface area contributed by atoms with E-state index in [1.54, 1.807) is 49.4 Å². The van der Waals surface area contributed by atoms with E-state index in [2.05, 4.69) is 37.2 Å². The number of carbonyl (C=O) groups excluding carboxylic acids is 2. The molecule has 37 heavy (non-hydrogen) atoms. The normalized spacial score (nSPS) is 12.0. The van der Waals surface area contributed by atoms with E-state index in [0.29, 0.717) is 16.7 Å². The topological polar surface area (TPSA) is 86.8 Å². The van der Waals surface area contributed by atoms with Crippen molar-refractivity contribution in [2.24, 2.45) is 0 Å². The molecule has 0 heterocycles. The van der Waals surface area contributed by atoms with Crippen molar-refractivity contribution in [1.29, 1.82) is 0 Å². The highest BCUT2D eigenvalue weighted by Crippen LogP contribution is 2.27. The van der Waals surface area contributed by atoms with Crippen LogP contribution < -0.4 is 9.62 Å². The van der Waals surface area contributed by atoms with Gasteiger partial charge in [0, 0.05) is 22.0 Å². The highest BCUT2D eigenvalue weighted by Gasteiger charge is 2.32. The standard InChI is InChI=1S/C27H29Br2N3O4S/c1-3-15-30-27(34)20(2)31(18-21-9-7-10-22(28)16-21)26(33)19-32(24-12-8-11-23(29)17-24)37(35,36)25-13-5-4-6-14-25/h4-14,16-17,20H,3,15,18-19H2,1-2H3,(H,30,34)/t20-/m1/s1. The molecular formula is C27H29Br2N3O4S. The predicted molar refractivity (Wildman–Crippen MR) is 153 cm³/mol. The Morgan fingerprint density at radius 3 is 2.19 bits per heavy atom. The van der Waals surface area contributed by atoms with Crippen LogP contribution in [0.3, 0.4) is 0 Å². The van der Waals surface area contributed by atoms with Gasteiger partial charge in [-0.1, -0.05) is 75.2 Å². The summed E-state index contributed by atoms with van der Waals surface area (Å²) in [5.74, 6) is -0.802. The lowest BCUT2D eigenvalue weighted by molar-refractivity contribution is -0.139. The molecule has 2 amide bonds. The summed E-state index contributed by atoms with van der Waals surface area (Å²) in [7, 11) is -4.08. The summed E-state index contributed by atoms with van der Waals surface area (Å²) in [5.41, 5.74) is 1.13. The summed E-state index contributed by atoms with van der Waals surface area (Å²) < 4.78 is 30.0. The molecule has 1 N–H and O–H groups in total. The van der Waals surface area contributed by atoms with Crippen molar-refractivity contribution >= 4 is 59.4 Å². The summed E-state index contributed by atoms with van der Waals surface area (Å²) in [6.07, 6.45) is 0.754. The number of nitrogens with one attached hydrogen (secondary N) is 1. The fourth-order valence-electron chi connectivity index (χ4n) is 3.69. The molecule has 0 fully saturated rings. The number of halogens is 2. The predicted octanol–water partition coefficient (Wildman–Crippen LogP) is 5.35. The molecule has 3 rings (SSSR count). The zero-order chi connectivity index (χ0) is 27.0. The summed E-state index contributed by atoms with van der Waals surface area (Å²) in [4.78, 5) is 28.2. The van der Waals surface area contributed by atoms with Crippen LogP contribution >= 0.6 is 31.9 Å². The first-order chi connectivity index (χ1) is 17.6. The van der Waals surface area contributed by atoms with Crippen LogP contribution in [-0.4, -0.2) is 44.3 Å². The van der Waals surface area contributed by atoms with Crippen LogP contribution in [0.2, 0.25) is 0 Å². The van der Waals surface area contributed by atoms with E-state index in [0.717, 1.165) is 20.8 Å². The Bertz CT molecular complexity index is 1340. The minimum atomic E-state index is -4.08. The first-order valence-corrected chi connectivity index (χ1v) is 14.8. The monoisotopic (exact) mass is 649 g/mol. The zero-order valence-corrected chi connectivity index (χ0v) is 24.6. The van der Waals surface area contributed by atoms with Crippen LogP contribution in [0.4, 0.5) is 5.69 Å². The average Bonchev–Trinajstić information content (AvgIpc) is 2.88. The van der Waals surface area contributed by atoms with E-state index in [-0.39, 0.29) is 17.3 Å². The van der Waals surface area contributed by atoms with Crippen molar-refractivity contribution < 1.29 is 18.0 Å². The molecule has 0 saturated heterocycles. The maximum absolute atomic E-state index is 13.8. The number of rotatable bonds is 11. The molecule has 0 aliphatic rings. The second-order valence-corrected chi connectivity index (χ2v) is 12.1. The molecule has 196 valence electrons. The molecule has 0 spiro atoms. The smallest absolute Gasteiger partial charge is 0.264 e. The Hall–Kier alpha value is -2.69. The fourth-order valence-corrected chi connectivity index (χ4v) is 5.95. The van der Waals surface area contributed by atoms with Gasteiger partial charge in [0.2, 0.25) is 11.8 Å². The molecule has 0 aromatic heterocycles. The Balaban J connectivity index is 2.01. The van der Waals surface area contributed by atoms with E-state index in [1.165, 1.54) is 17.0 Å². The molecule has 1 atom stereocenters. The molecule has 10 heteroatoms. The van der Waals surface area contributed by atoms with Crippen LogP contribution in [0.1, 0.15) is 25.8 Å². The number of anilines is 1. The van der Waals surface area contributed by atoms with Gasteiger partial charge in [-0.25, -0.2) is 8.42 Å². The summed E-state index contributed by atoms with van der Waals surface area (Å²) >= 11 is 6.84. The average molecular weight is 651 g/mol. The first-order valence-electron chi connectivity index (χ1n) is 11.8. The SMILES string of the molecule is CCCNC(=O)[C@@H](C)N(Cc1cccc(Br)c1)C(=O)CN(c1cccc(Br)c1)S(=O)(=O)c1ccccc1. The second kappa shape index (κ2) is 13.2. The van der Waals surface area contributed by atoms with Gasteiger partial charge in [0.1, 0.15) is 12.6 Å². The van der Waals surface area contributed by atoms with Crippen molar-refractivity contribution in [3.63, 3.8) is 0 Å². The number of sulfonamides is 1. The van der Waals surface area contributed by atoms with Crippen LogP contribution in [-0.2, 0) is 26.2 Å². The summed E-state index contributed by atoms with van der Waals surface area (Å²) in [6, 6.07) is 21.3. The van der Waals surface area contributed by atoms with Gasteiger partial charge in [0.05, 0.1) is 10.6 Å². The van der Waals surface area contributed by atoms with Crippen molar-refractivity contribution in [2.45, 2.75) is 37.8 Å². The van der Waals surface area contributed by atoms with Gasteiger partial charge >= 0.3 is 0 Å². The van der Waals surface area contributed by atoms with Crippen molar-refractivity contribution in [2.75, 3.05) is 17.4 Å². The Morgan fingerprint density at radius 2 is 1.57 bits per heavy atom. The highest BCUT2D eigenvalue weighted by atomic mass is 79.9. The third-order valence-electron chi connectivity index (χ3n) is 5.66. The molecular weight excluding hydrogens is 622 g/mol. The second-order valence-electron chi connectivity index (χ2n) is 8.42. The number of hydrogen-bond donors (Lipinski definition) is 1. The zero-order valence-electron chi connectivity index (χ0n) is 20.6. The van der Waals surface area contributed by atoms with Gasteiger partial charge in [-0.15, -0.1) is 0 Å². The van der Waals surface area contributed by atoms with Gasteiger partial charge in [-0.3, -0.25) is 13.9 Å². The molecule has 3 aromatic rings. The van der Waals surface area contributed by atoms with Gasteiger partial charge in [0.25, 0.3) is 10.0 Å². The summed E-state index contributed by atoms with van der Waals surface area (Å²) in [5, 5.41) is 2.83.